The summed E-state index contributed by atoms with van der Waals surface area (Å²) in [6.45, 7) is 1.41. The summed E-state index contributed by atoms with van der Waals surface area (Å²) >= 11 is 1.55. The molecule has 2 rings (SSSR count). The summed E-state index contributed by atoms with van der Waals surface area (Å²) < 4.78 is 6.27. The number of hydrogen-bond acceptors (Lipinski definition) is 6. The molecule has 5 nitrogen and oxygen atoms in total. The highest BCUT2D eigenvalue weighted by Gasteiger charge is 2.07. The monoisotopic (exact) mass is 253 g/mol. The molecule has 0 aliphatic rings. The predicted octanol–water partition coefficient (Wildman–Crippen LogP) is 0.985. The van der Waals surface area contributed by atoms with Crippen molar-refractivity contribution in [1.82, 2.24) is 4.98 Å². The molecule has 0 aliphatic carbocycles. The minimum Gasteiger partial charge on any atom is -0.394 e. The van der Waals surface area contributed by atoms with E-state index in [1.54, 1.807) is 16.3 Å². The van der Waals surface area contributed by atoms with Crippen molar-refractivity contribution in [3.8, 4) is 0 Å². The molecule has 0 unspecified atom stereocenters. The molecular weight excluding hydrogens is 238 g/mol. The number of nitrogens with two attached hydrogens (primary N) is 1. The number of benzene rings is 1. The van der Waals surface area contributed by atoms with Gasteiger partial charge in [-0.2, -0.15) is 0 Å². The van der Waals surface area contributed by atoms with E-state index in [9.17, 15) is 0 Å². The molecule has 0 atom stereocenters. The van der Waals surface area contributed by atoms with Gasteiger partial charge in [0.25, 0.3) is 0 Å². The number of hydrogen-bond donors (Lipinski definition) is 2. The number of thiazole rings is 1. The van der Waals surface area contributed by atoms with Crippen molar-refractivity contribution in [1.29, 1.82) is 0 Å². The predicted molar refractivity (Wildman–Crippen MR) is 69.1 cm³/mol. The Hall–Kier alpha value is -1.21. The third-order valence-corrected chi connectivity index (χ3v) is 3.31. The Balaban J connectivity index is 1.96. The van der Waals surface area contributed by atoms with Crippen LogP contribution >= 0.6 is 11.3 Å². The van der Waals surface area contributed by atoms with Gasteiger partial charge in [0.2, 0.25) is 5.13 Å². The molecule has 2 aromatic rings. The Labute approximate surface area is 103 Å². The van der Waals surface area contributed by atoms with Gasteiger partial charge in [-0.3, -0.25) is 5.01 Å². The van der Waals surface area contributed by atoms with Gasteiger partial charge in [-0.05, 0) is 12.1 Å². The number of nitrogens with zero attached hydrogens (tertiary/aromatic N) is 2. The number of aromatic nitrogens is 1. The molecular formula is C11H15N3O2S. The largest absolute Gasteiger partial charge is 0.394 e. The second-order valence-electron chi connectivity index (χ2n) is 3.49. The van der Waals surface area contributed by atoms with Crippen LogP contribution in [0.5, 0.6) is 0 Å². The van der Waals surface area contributed by atoms with Gasteiger partial charge in [-0.1, -0.05) is 23.5 Å². The molecule has 92 valence electrons. The SMILES string of the molecule is NN(CCOCCO)c1nc2ccccc2s1. The molecule has 17 heavy (non-hydrogen) atoms. The van der Waals surface area contributed by atoms with Gasteiger partial charge in [0, 0.05) is 0 Å². The van der Waals surface area contributed by atoms with Crippen molar-refractivity contribution < 1.29 is 9.84 Å². The number of fused-ring (bicyclic) bond motifs is 1. The Kier molecular flexibility index (Phi) is 4.27. The quantitative estimate of drug-likeness (QED) is 0.456. The molecule has 0 amide bonds. The Morgan fingerprint density at radius 2 is 2.18 bits per heavy atom. The summed E-state index contributed by atoms with van der Waals surface area (Å²) in [7, 11) is 0. The first kappa shape index (κ1) is 12.3. The summed E-state index contributed by atoms with van der Waals surface area (Å²) in [5.41, 5.74) is 0.958. The van der Waals surface area contributed by atoms with E-state index in [4.69, 9.17) is 15.7 Å². The third kappa shape index (κ3) is 3.13. The maximum absolute atomic E-state index is 8.56. The van der Waals surface area contributed by atoms with Gasteiger partial charge in [-0.25, -0.2) is 10.8 Å². The lowest BCUT2D eigenvalue weighted by Crippen LogP contribution is -2.34. The zero-order chi connectivity index (χ0) is 12.1. The summed E-state index contributed by atoms with van der Waals surface area (Å²) in [6, 6.07) is 7.92. The van der Waals surface area contributed by atoms with Crippen LogP contribution in [-0.4, -0.2) is 36.5 Å². The van der Waals surface area contributed by atoms with Crippen LogP contribution in [-0.2, 0) is 4.74 Å². The molecule has 0 bridgehead atoms. The topological polar surface area (TPSA) is 71.6 Å². The van der Waals surface area contributed by atoms with Crippen LogP contribution in [0.15, 0.2) is 24.3 Å². The Bertz CT molecular complexity index is 441. The zero-order valence-electron chi connectivity index (χ0n) is 9.37. The Morgan fingerprint density at radius 3 is 2.94 bits per heavy atom. The fourth-order valence-corrected chi connectivity index (χ4v) is 2.32. The first-order valence-electron chi connectivity index (χ1n) is 5.37. The highest BCUT2D eigenvalue weighted by atomic mass is 32.1. The lowest BCUT2D eigenvalue weighted by Gasteiger charge is -2.14. The second-order valence-corrected chi connectivity index (χ2v) is 4.50. The lowest BCUT2D eigenvalue weighted by molar-refractivity contribution is 0.0966. The number of rotatable bonds is 6. The van der Waals surface area contributed by atoms with Gasteiger partial charge in [0.15, 0.2) is 0 Å². The fourth-order valence-electron chi connectivity index (χ4n) is 1.41. The van der Waals surface area contributed by atoms with Crippen molar-refractivity contribution >= 4 is 26.7 Å². The number of aliphatic hydroxyl groups excluding tert-OH is 1. The highest BCUT2D eigenvalue weighted by molar-refractivity contribution is 7.22. The van der Waals surface area contributed by atoms with Crippen LogP contribution in [0.2, 0.25) is 0 Å². The van der Waals surface area contributed by atoms with E-state index < -0.39 is 0 Å². The summed E-state index contributed by atoms with van der Waals surface area (Å²) in [4.78, 5) is 4.43. The zero-order valence-corrected chi connectivity index (χ0v) is 10.2. The van der Waals surface area contributed by atoms with E-state index in [0.29, 0.717) is 19.8 Å². The van der Waals surface area contributed by atoms with Gasteiger partial charge in [-0.15, -0.1) is 0 Å². The van der Waals surface area contributed by atoms with E-state index in [0.717, 1.165) is 15.3 Å². The van der Waals surface area contributed by atoms with E-state index in [1.807, 2.05) is 24.3 Å². The minimum atomic E-state index is 0.0334. The molecule has 3 N–H and O–H groups in total. The van der Waals surface area contributed by atoms with Crippen molar-refractivity contribution in [3.63, 3.8) is 0 Å². The van der Waals surface area contributed by atoms with Crippen LogP contribution in [0, 0.1) is 0 Å². The number of para-hydroxylation sites is 1. The van der Waals surface area contributed by atoms with Crippen LogP contribution in [0.3, 0.4) is 0 Å². The van der Waals surface area contributed by atoms with Crippen molar-refractivity contribution in [2.45, 2.75) is 0 Å². The number of hydrazine groups is 1. The lowest BCUT2D eigenvalue weighted by atomic mass is 10.3. The van der Waals surface area contributed by atoms with Crippen molar-refractivity contribution in [2.75, 3.05) is 31.4 Å². The van der Waals surface area contributed by atoms with Crippen molar-refractivity contribution in [3.05, 3.63) is 24.3 Å². The maximum Gasteiger partial charge on any atom is 0.200 e. The molecule has 0 spiro atoms. The van der Waals surface area contributed by atoms with Gasteiger partial charge < -0.3 is 9.84 Å². The van der Waals surface area contributed by atoms with E-state index >= 15 is 0 Å². The molecule has 0 aliphatic heterocycles. The van der Waals surface area contributed by atoms with Crippen LogP contribution in [0.25, 0.3) is 10.2 Å². The maximum atomic E-state index is 8.56. The normalized spacial score (nSPS) is 10.9. The highest BCUT2D eigenvalue weighted by Crippen LogP contribution is 2.26. The van der Waals surface area contributed by atoms with E-state index in [2.05, 4.69) is 4.98 Å². The second kappa shape index (κ2) is 5.92. The van der Waals surface area contributed by atoms with Gasteiger partial charge in [0.1, 0.15) is 0 Å². The number of anilines is 1. The molecule has 6 heteroatoms. The molecule has 0 radical (unpaired) electrons. The average molecular weight is 253 g/mol. The number of aliphatic hydroxyl groups is 1. The third-order valence-electron chi connectivity index (χ3n) is 2.24. The van der Waals surface area contributed by atoms with Crippen LogP contribution in [0.1, 0.15) is 0 Å². The Morgan fingerprint density at radius 1 is 1.35 bits per heavy atom. The molecule has 0 saturated heterocycles. The van der Waals surface area contributed by atoms with Gasteiger partial charge in [0.05, 0.1) is 36.6 Å². The first-order valence-corrected chi connectivity index (χ1v) is 6.19. The number of ether oxygens (including phenoxy) is 1. The summed E-state index contributed by atoms with van der Waals surface area (Å²) in [6.07, 6.45) is 0. The van der Waals surface area contributed by atoms with Gasteiger partial charge >= 0.3 is 0 Å². The molecule has 0 fully saturated rings. The molecule has 1 heterocycles. The van der Waals surface area contributed by atoms with E-state index in [-0.39, 0.29) is 6.61 Å². The van der Waals surface area contributed by atoms with Crippen LogP contribution in [0.4, 0.5) is 5.13 Å². The van der Waals surface area contributed by atoms with Crippen molar-refractivity contribution in [2.24, 2.45) is 5.84 Å². The van der Waals surface area contributed by atoms with Crippen LogP contribution < -0.4 is 10.9 Å². The molecule has 1 aromatic heterocycles. The smallest absolute Gasteiger partial charge is 0.200 e. The molecule has 0 saturated carbocycles. The standard InChI is InChI=1S/C11H15N3O2S/c12-14(5-7-16-8-6-15)11-13-9-3-1-2-4-10(9)17-11/h1-4,15H,5-8,12H2. The van der Waals surface area contributed by atoms with E-state index in [1.165, 1.54) is 0 Å². The average Bonchev–Trinajstić information content (AvgIpc) is 2.78. The fraction of sp³-hybridized carbons (Fsp3) is 0.364. The molecule has 1 aromatic carbocycles. The first-order chi connectivity index (χ1) is 8.31. The summed E-state index contributed by atoms with van der Waals surface area (Å²) in [5, 5.41) is 10.9. The minimum absolute atomic E-state index is 0.0334. The summed E-state index contributed by atoms with van der Waals surface area (Å²) in [5.74, 6) is 5.88.